The summed E-state index contributed by atoms with van der Waals surface area (Å²) in [6.45, 7) is 0. The zero-order valence-electron chi connectivity index (χ0n) is 34.9. The molecule has 0 radical (unpaired) electrons. The van der Waals surface area contributed by atoms with Gasteiger partial charge in [0.1, 0.15) is 0 Å². The van der Waals surface area contributed by atoms with Gasteiger partial charge in [0.2, 0.25) is 0 Å². The van der Waals surface area contributed by atoms with Gasteiger partial charge >= 0.3 is 11.4 Å². The summed E-state index contributed by atoms with van der Waals surface area (Å²) in [5.41, 5.74) is 8.92. The predicted octanol–water partition coefficient (Wildman–Crippen LogP) is 14.8. The highest BCUT2D eigenvalue weighted by atomic mass is 32.1. The van der Waals surface area contributed by atoms with Crippen LogP contribution in [0.25, 0.3) is 85.8 Å². The summed E-state index contributed by atoms with van der Waals surface area (Å²) in [6.07, 6.45) is 0. The van der Waals surface area contributed by atoms with Crippen molar-refractivity contribution in [2.75, 3.05) is 0 Å². The molecule has 0 atom stereocenters. The predicted molar refractivity (Wildman–Crippen MR) is 269 cm³/mol. The maximum Gasteiger partial charge on any atom is 0.305 e. The van der Waals surface area contributed by atoms with Crippen LogP contribution in [0.2, 0.25) is 0 Å². The van der Waals surface area contributed by atoms with Crippen LogP contribution in [-0.2, 0) is 0 Å². The normalized spacial score (nSPS) is 12.4. The van der Waals surface area contributed by atoms with Crippen LogP contribution < -0.4 is 0 Å². The van der Waals surface area contributed by atoms with Crippen LogP contribution in [0.15, 0.2) is 206 Å². The van der Waals surface area contributed by atoms with E-state index in [1.807, 2.05) is 206 Å². The van der Waals surface area contributed by atoms with Crippen LogP contribution >= 0.6 is 22.7 Å². The first-order valence-corrected chi connectivity index (χ1v) is 22.8. The molecule has 9 aromatic rings. The van der Waals surface area contributed by atoms with Gasteiger partial charge in [-0.3, -0.25) is 20.2 Å². The van der Waals surface area contributed by atoms with Crippen molar-refractivity contribution in [1.29, 1.82) is 0 Å². The van der Waals surface area contributed by atoms with Crippen molar-refractivity contribution < 1.29 is 9.85 Å². The third-order valence-corrected chi connectivity index (χ3v) is 14.0. The van der Waals surface area contributed by atoms with E-state index in [4.69, 9.17) is 9.97 Å². The molecule has 6 aromatic carbocycles. The highest BCUT2D eigenvalue weighted by molar-refractivity contribution is 7.24. The van der Waals surface area contributed by atoms with Crippen molar-refractivity contribution in [3.05, 3.63) is 260 Å². The van der Waals surface area contributed by atoms with Gasteiger partial charge in [0.25, 0.3) is 0 Å². The summed E-state index contributed by atoms with van der Waals surface area (Å²) in [7, 11) is 0. The molecule has 0 saturated carbocycles. The Morgan fingerprint density at radius 2 is 0.530 bits per heavy atom. The minimum atomic E-state index is -0.311. The smallest absolute Gasteiger partial charge is 0.258 e. The molecule has 0 N–H and O–H groups in total. The summed E-state index contributed by atoms with van der Waals surface area (Å²) in [4.78, 5) is 38.1. The van der Waals surface area contributed by atoms with Crippen LogP contribution in [0.4, 0.5) is 0 Å². The lowest BCUT2D eigenvalue weighted by Crippen LogP contribution is -2.01. The molecule has 2 aliphatic heterocycles. The van der Waals surface area contributed by atoms with Crippen LogP contribution in [0, 0.1) is 20.2 Å². The second-order valence-electron chi connectivity index (χ2n) is 15.6. The highest BCUT2D eigenvalue weighted by Crippen LogP contribution is 2.50. The molecule has 0 fully saturated rings. The van der Waals surface area contributed by atoms with Gasteiger partial charge in [-0.15, -0.1) is 22.7 Å². The molecule has 8 bridgehead atoms. The van der Waals surface area contributed by atoms with Gasteiger partial charge in [-0.1, -0.05) is 182 Å². The Kier molecular flexibility index (Phi) is 10.3. The Hall–Kier alpha value is -8.44. The summed E-state index contributed by atoms with van der Waals surface area (Å²) < 4.78 is 2.98. The van der Waals surface area contributed by atoms with Crippen LogP contribution in [-0.4, -0.2) is 19.8 Å². The molecule has 0 aliphatic carbocycles. The minimum Gasteiger partial charge on any atom is -0.258 e. The van der Waals surface area contributed by atoms with Gasteiger partial charge in [0.15, 0.2) is 11.4 Å². The molecule has 3 aromatic heterocycles. The molecule has 11 rings (SSSR count). The largest absolute Gasteiger partial charge is 0.305 e. The fourth-order valence-electron chi connectivity index (χ4n) is 8.94. The first-order chi connectivity index (χ1) is 32.4. The van der Waals surface area contributed by atoms with Gasteiger partial charge in [0.05, 0.1) is 32.4 Å². The van der Waals surface area contributed by atoms with E-state index in [1.54, 1.807) is 0 Å². The SMILES string of the molecule is O=[N+]([O-])C1=C(c2ccccc2)c2nc1c(-c1ccccc1)c1ccc(s1)c(-c1ccccc1)c1nc(c(-c3ccccc3)c3ccc(s3)c2-c2ccccc2)C(c2ccccc2)=C1[N+](=O)[O-]. The van der Waals surface area contributed by atoms with Crippen LogP contribution in [0.5, 0.6) is 0 Å². The summed E-state index contributed by atoms with van der Waals surface area (Å²) >= 11 is 2.89. The van der Waals surface area contributed by atoms with Crippen LogP contribution in [0.1, 0.15) is 33.9 Å². The van der Waals surface area contributed by atoms with E-state index in [0.717, 1.165) is 31.7 Å². The van der Waals surface area contributed by atoms with Crippen molar-refractivity contribution in [2.45, 2.75) is 0 Å². The number of rotatable bonds is 8. The van der Waals surface area contributed by atoms with Crippen molar-refractivity contribution in [3.63, 3.8) is 0 Å². The van der Waals surface area contributed by atoms with Crippen LogP contribution in [0.3, 0.4) is 0 Å². The Labute approximate surface area is 386 Å². The monoisotopic (exact) mass is 890 g/mol. The Bertz CT molecular complexity index is 3380. The average molecular weight is 891 g/mol. The number of nitro groups is 2. The second-order valence-corrected chi connectivity index (χ2v) is 17.8. The zero-order valence-corrected chi connectivity index (χ0v) is 36.5. The standard InChI is InChI=1S/C56H34N4O4S2/c61-59(62)55-49(39-27-15-5-16-28-39)51-45(35-19-7-1-8-20-35)41-31-32-42(65-41)46(36-21-9-2-10-22-36)52-50(40-29-17-6-18-30-40)56(60(63)64)54(58-52)48(38-25-13-4-14-26-38)44-34-33-43(66-44)47(53(55)57-51)37-23-11-3-12-24-37/h1-34H. The molecule has 0 amide bonds. The van der Waals surface area contributed by atoms with E-state index in [9.17, 15) is 20.2 Å². The summed E-state index contributed by atoms with van der Waals surface area (Å²) in [5, 5.41) is 27.8. The van der Waals surface area contributed by atoms with Gasteiger partial charge < -0.3 is 0 Å². The topological polar surface area (TPSA) is 112 Å². The first kappa shape index (κ1) is 40.3. The maximum atomic E-state index is 13.9. The Morgan fingerprint density at radius 1 is 0.303 bits per heavy atom. The van der Waals surface area contributed by atoms with Crippen molar-refractivity contribution >= 4 is 64.0 Å². The number of hydrogen-bond donors (Lipinski definition) is 0. The first-order valence-electron chi connectivity index (χ1n) is 21.2. The average Bonchev–Trinajstić information content (AvgIpc) is 4.19. The number of fused-ring (bicyclic) bond motifs is 8. The number of hydrogen-bond acceptors (Lipinski definition) is 8. The fraction of sp³-hybridized carbons (Fsp3) is 0. The molecule has 0 saturated heterocycles. The maximum absolute atomic E-state index is 13.9. The second kappa shape index (κ2) is 16.9. The van der Waals surface area contributed by atoms with E-state index < -0.39 is 0 Å². The quantitative estimate of drug-likeness (QED) is 0.111. The highest BCUT2D eigenvalue weighted by Gasteiger charge is 2.38. The molecule has 10 heteroatoms. The van der Waals surface area contributed by atoms with E-state index in [2.05, 4.69) is 0 Å². The molecule has 66 heavy (non-hydrogen) atoms. The zero-order chi connectivity index (χ0) is 44.7. The van der Waals surface area contributed by atoms with E-state index in [1.165, 1.54) is 22.7 Å². The van der Waals surface area contributed by atoms with Crippen molar-refractivity contribution in [1.82, 2.24) is 9.97 Å². The third-order valence-electron chi connectivity index (χ3n) is 11.7. The number of aromatic nitrogens is 2. The Balaban J connectivity index is 1.45. The summed E-state index contributed by atoms with van der Waals surface area (Å²) in [6, 6.07) is 65.7. The third kappa shape index (κ3) is 7.01. The fourth-order valence-corrected chi connectivity index (χ4v) is 11.2. The van der Waals surface area contributed by atoms with E-state index in [-0.39, 0.29) is 32.6 Å². The molecular weight excluding hydrogens is 857 g/mol. The molecule has 8 nitrogen and oxygen atoms in total. The molecule has 0 spiro atoms. The summed E-state index contributed by atoms with van der Waals surface area (Å²) in [5.74, 6) is 0. The van der Waals surface area contributed by atoms with Gasteiger partial charge in [-0.2, -0.15) is 0 Å². The molecular formula is C56H34N4O4S2. The lowest BCUT2D eigenvalue weighted by molar-refractivity contribution is -0.374. The van der Waals surface area contributed by atoms with Gasteiger partial charge in [-0.25, -0.2) is 9.97 Å². The lowest BCUT2D eigenvalue weighted by Gasteiger charge is -2.09. The lowest BCUT2D eigenvalue weighted by atomic mass is 9.94. The minimum absolute atomic E-state index is 0.117. The van der Waals surface area contributed by atoms with Gasteiger partial charge in [-0.05, 0) is 57.6 Å². The van der Waals surface area contributed by atoms with E-state index >= 15 is 0 Å². The molecule has 5 heterocycles. The molecule has 2 aliphatic rings. The number of benzene rings is 6. The van der Waals surface area contributed by atoms with E-state index in [0.29, 0.717) is 65.3 Å². The van der Waals surface area contributed by atoms with Gasteiger partial charge in [0, 0.05) is 41.1 Å². The molecule has 0 unspecified atom stereocenters. The number of nitrogens with zero attached hydrogens (tertiary/aromatic N) is 4. The Morgan fingerprint density at radius 3 is 0.773 bits per heavy atom. The van der Waals surface area contributed by atoms with Crippen molar-refractivity contribution in [3.8, 4) is 44.5 Å². The molecule has 314 valence electrons. The van der Waals surface area contributed by atoms with Crippen molar-refractivity contribution in [2.24, 2.45) is 0 Å². The number of thiophene rings is 2.